The van der Waals surface area contributed by atoms with E-state index in [0.717, 1.165) is 16.8 Å². The molecule has 0 saturated carbocycles. The largest absolute Gasteiger partial charge is 0.336 e. The molecule has 0 aliphatic carbocycles. The van der Waals surface area contributed by atoms with E-state index in [9.17, 15) is 14.9 Å². The van der Waals surface area contributed by atoms with E-state index < -0.39 is 0 Å². The van der Waals surface area contributed by atoms with E-state index in [1.165, 1.54) is 6.07 Å². The van der Waals surface area contributed by atoms with Gasteiger partial charge in [-0.05, 0) is 29.8 Å². The molecular formula is C26H24N6O3. The molecule has 3 heterocycles. The normalized spacial score (nSPS) is 14.1. The monoisotopic (exact) mass is 468 g/mol. The number of para-hydroxylation sites is 1. The third-order valence-corrected chi connectivity index (χ3v) is 6.09. The van der Waals surface area contributed by atoms with E-state index in [1.54, 1.807) is 35.4 Å². The highest BCUT2D eigenvalue weighted by molar-refractivity contribution is 6.00. The van der Waals surface area contributed by atoms with Gasteiger partial charge in [0.05, 0.1) is 16.2 Å². The minimum atomic E-state index is -0.379. The van der Waals surface area contributed by atoms with E-state index in [4.69, 9.17) is 5.10 Å². The number of hydrogen-bond acceptors (Lipinski definition) is 6. The van der Waals surface area contributed by atoms with Crippen molar-refractivity contribution in [3.05, 3.63) is 107 Å². The number of nitro benzene ring substituents is 1. The molecule has 1 amide bonds. The average Bonchev–Trinajstić information content (AvgIpc) is 3.36. The number of nitro groups is 1. The van der Waals surface area contributed by atoms with Crippen molar-refractivity contribution in [3.63, 3.8) is 0 Å². The van der Waals surface area contributed by atoms with Crippen LogP contribution in [0.1, 0.15) is 15.9 Å². The molecule has 5 rings (SSSR count). The van der Waals surface area contributed by atoms with Crippen molar-refractivity contribution in [1.29, 1.82) is 0 Å². The Kier molecular flexibility index (Phi) is 6.32. The van der Waals surface area contributed by atoms with Gasteiger partial charge in [-0.2, -0.15) is 5.10 Å². The third-order valence-electron chi connectivity index (χ3n) is 6.09. The fraction of sp³-hybridized carbons (Fsp3) is 0.192. The minimum absolute atomic E-state index is 0.0685. The number of carbonyl (C=O) groups excluding carboxylic acids is 1. The summed E-state index contributed by atoms with van der Waals surface area (Å²) in [4.78, 5) is 32.5. The highest BCUT2D eigenvalue weighted by atomic mass is 16.6. The van der Waals surface area contributed by atoms with Crippen LogP contribution in [0.5, 0.6) is 0 Å². The van der Waals surface area contributed by atoms with Crippen LogP contribution >= 0.6 is 0 Å². The summed E-state index contributed by atoms with van der Waals surface area (Å²) in [6, 6.07) is 20.1. The highest BCUT2D eigenvalue weighted by Crippen LogP contribution is 2.25. The molecule has 1 aliphatic rings. The predicted molar refractivity (Wildman–Crippen MR) is 131 cm³/mol. The van der Waals surface area contributed by atoms with Crippen molar-refractivity contribution >= 4 is 11.6 Å². The maximum atomic E-state index is 13.6. The molecule has 2 aromatic carbocycles. The number of aromatic nitrogens is 3. The Balaban J connectivity index is 1.33. The zero-order chi connectivity index (χ0) is 24.2. The molecule has 0 spiro atoms. The van der Waals surface area contributed by atoms with Crippen LogP contribution < -0.4 is 0 Å². The fourth-order valence-electron chi connectivity index (χ4n) is 4.27. The number of hydrogen-bond donors (Lipinski definition) is 0. The van der Waals surface area contributed by atoms with Gasteiger partial charge in [0.1, 0.15) is 5.69 Å². The van der Waals surface area contributed by atoms with E-state index in [-0.39, 0.29) is 16.5 Å². The Morgan fingerprint density at radius 1 is 0.971 bits per heavy atom. The molecule has 9 nitrogen and oxygen atoms in total. The Morgan fingerprint density at radius 3 is 2.49 bits per heavy atom. The van der Waals surface area contributed by atoms with E-state index in [2.05, 4.69) is 9.88 Å². The van der Waals surface area contributed by atoms with E-state index in [1.807, 2.05) is 53.4 Å². The summed E-state index contributed by atoms with van der Waals surface area (Å²) in [5, 5.41) is 15.8. The molecule has 0 radical (unpaired) electrons. The number of benzene rings is 2. The maximum Gasteiger partial charge on any atom is 0.269 e. The number of piperazine rings is 1. The Hall–Kier alpha value is -4.37. The zero-order valence-corrected chi connectivity index (χ0v) is 19.0. The topological polar surface area (TPSA) is 97.4 Å². The average molecular weight is 469 g/mol. The number of carbonyl (C=O) groups is 1. The molecule has 0 unspecified atom stereocenters. The molecule has 4 aromatic rings. The third kappa shape index (κ3) is 4.95. The van der Waals surface area contributed by atoms with Gasteiger partial charge in [-0.3, -0.25) is 24.8 Å². The first-order valence-corrected chi connectivity index (χ1v) is 11.4. The maximum absolute atomic E-state index is 13.6. The van der Waals surface area contributed by atoms with Gasteiger partial charge < -0.3 is 4.90 Å². The second-order valence-corrected chi connectivity index (χ2v) is 8.41. The molecule has 1 fully saturated rings. The van der Waals surface area contributed by atoms with Crippen molar-refractivity contribution in [2.45, 2.75) is 6.54 Å². The van der Waals surface area contributed by atoms with Gasteiger partial charge in [0.15, 0.2) is 0 Å². The van der Waals surface area contributed by atoms with Crippen LogP contribution in [0.15, 0.2) is 85.3 Å². The lowest BCUT2D eigenvalue weighted by Gasteiger charge is -2.34. The first kappa shape index (κ1) is 22.4. The molecule has 0 bridgehead atoms. The fourth-order valence-corrected chi connectivity index (χ4v) is 4.27. The molecule has 176 valence electrons. The standard InChI is InChI=1S/C26H24N6O3/c33-26(30-14-12-29(13-15-30)18-20-6-4-10-23(16-20)32(34)35)24-19-31(22-8-2-1-3-9-22)28-25(24)21-7-5-11-27-17-21/h1-11,16-17,19H,12-15,18H2. The van der Waals surface area contributed by atoms with Gasteiger partial charge in [-0.1, -0.05) is 30.3 Å². The zero-order valence-electron chi connectivity index (χ0n) is 19.0. The van der Waals surface area contributed by atoms with Crippen LogP contribution in [0.25, 0.3) is 16.9 Å². The van der Waals surface area contributed by atoms with Gasteiger partial charge in [-0.15, -0.1) is 0 Å². The molecule has 1 saturated heterocycles. The number of amides is 1. The van der Waals surface area contributed by atoms with Crippen LogP contribution in [-0.2, 0) is 6.54 Å². The lowest BCUT2D eigenvalue weighted by Crippen LogP contribution is -2.48. The van der Waals surface area contributed by atoms with Gasteiger partial charge in [0.2, 0.25) is 0 Å². The smallest absolute Gasteiger partial charge is 0.269 e. The van der Waals surface area contributed by atoms with Crippen LogP contribution in [0.3, 0.4) is 0 Å². The SMILES string of the molecule is O=C(c1cn(-c2ccccc2)nc1-c1cccnc1)N1CCN(Cc2cccc([N+](=O)[O-])c2)CC1. The molecule has 0 N–H and O–H groups in total. The van der Waals surface area contributed by atoms with Crippen molar-refractivity contribution in [2.75, 3.05) is 26.2 Å². The van der Waals surface area contributed by atoms with Crippen molar-refractivity contribution in [2.24, 2.45) is 0 Å². The molecule has 0 atom stereocenters. The van der Waals surface area contributed by atoms with Gasteiger partial charge in [0, 0.05) is 69.0 Å². The summed E-state index contributed by atoms with van der Waals surface area (Å²) in [5.74, 6) is -0.0685. The van der Waals surface area contributed by atoms with Gasteiger partial charge >= 0.3 is 0 Å². The number of rotatable bonds is 6. The van der Waals surface area contributed by atoms with Gasteiger partial charge in [-0.25, -0.2) is 4.68 Å². The second-order valence-electron chi connectivity index (χ2n) is 8.41. The predicted octanol–water partition coefficient (Wildman–Crippen LogP) is 3.80. The summed E-state index contributed by atoms with van der Waals surface area (Å²) < 4.78 is 1.73. The number of pyridine rings is 1. The number of nitrogens with zero attached hydrogens (tertiary/aromatic N) is 6. The van der Waals surface area contributed by atoms with Crippen LogP contribution in [0.2, 0.25) is 0 Å². The Labute approximate surface area is 202 Å². The first-order valence-electron chi connectivity index (χ1n) is 11.4. The summed E-state index contributed by atoms with van der Waals surface area (Å²) in [7, 11) is 0. The number of non-ortho nitro benzene ring substituents is 1. The van der Waals surface area contributed by atoms with Crippen molar-refractivity contribution in [1.82, 2.24) is 24.6 Å². The summed E-state index contributed by atoms with van der Waals surface area (Å²) in [5.41, 5.74) is 3.78. The highest BCUT2D eigenvalue weighted by Gasteiger charge is 2.27. The van der Waals surface area contributed by atoms with Gasteiger partial charge in [0.25, 0.3) is 11.6 Å². The van der Waals surface area contributed by atoms with E-state index >= 15 is 0 Å². The summed E-state index contributed by atoms with van der Waals surface area (Å²) >= 11 is 0. The molecule has 1 aliphatic heterocycles. The molecule has 2 aromatic heterocycles. The molecule has 35 heavy (non-hydrogen) atoms. The van der Waals surface area contributed by atoms with E-state index in [0.29, 0.717) is 44.0 Å². The second kappa shape index (κ2) is 9.86. The van der Waals surface area contributed by atoms with Crippen molar-refractivity contribution < 1.29 is 9.72 Å². The quantitative estimate of drug-likeness (QED) is 0.315. The van der Waals surface area contributed by atoms with Crippen LogP contribution in [0.4, 0.5) is 5.69 Å². The Bertz CT molecular complexity index is 1330. The molecule has 9 heteroatoms. The molecular weight excluding hydrogens is 444 g/mol. The van der Waals surface area contributed by atoms with Crippen molar-refractivity contribution in [3.8, 4) is 16.9 Å². The van der Waals surface area contributed by atoms with Crippen LogP contribution in [-0.4, -0.2) is 61.6 Å². The minimum Gasteiger partial charge on any atom is -0.336 e. The Morgan fingerprint density at radius 2 is 1.77 bits per heavy atom. The lowest BCUT2D eigenvalue weighted by atomic mass is 10.1. The lowest BCUT2D eigenvalue weighted by molar-refractivity contribution is -0.384. The summed E-state index contributed by atoms with van der Waals surface area (Å²) in [6.45, 7) is 3.11. The first-order chi connectivity index (χ1) is 17.1. The summed E-state index contributed by atoms with van der Waals surface area (Å²) in [6.07, 6.45) is 5.20. The van der Waals surface area contributed by atoms with Crippen LogP contribution in [0, 0.1) is 10.1 Å².